The number of Topliss-reactive ketones (excluding diaryl/α,β-unsaturated/α-hetero) is 1. The Morgan fingerprint density at radius 1 is 1.00 bits per heavy atom. The summed E-state index contributed by atoms with van der Waals surface area (Å²) in [5, 5.41) is 17.6. The molecule has 3 aromatic rings. The van der Waals surface area contributed by atoms with E-state index in [4.69, 9.17) is 29.7 Å². The van der Waals surface area contributed by atoms with Crippen LogP contribution in [0.15, 0.2) is 12.3 Å². The number of methoxy groups -OCH3 is 2. The molecule has 0 spiro atoms. The second kappa shape index (κ2) is 13.1. The number of carbonyl (C=O) groups excluding carboxylic acids is 3. The van der Waals surface area contributed by atoms with Gasteiger partial charge in [-0.1, -0.05) is 73.0 Å². The monoisotopic (exact) mass is 644 g/mol. The zero-order chi connectivity index (χ0) is 33.0. The van der Waals surface area contributed by atoms with E-state index in [9.17, 15) is 19.5 Å². The largest absolute Gasteiger partial charge is 2.00 e. The molecule has 3 aliphatic rings. The number of aliphatic hydroxyl groups is 1. The summed E-state index contributed by atoms with van der Waals surface area (Å²) in [5.74, 6) is -3.00. The van der Waals surface area contributed by atoms with E-state index in [1.807, 2.05) is 45.9 Å². The molecule has 8 bridgehead atoms. The van der Waals surface area contributed by atoms with E-state index in [1.165, 1.54) is 14.2 Å². The van der Waals surface area contributed by atoms with Gasteiger partial charge in [0.25, 0.3) is 0 Å². The van der Waals surface area contributed by atoms with E-state index in [1.54, 1.807) is 6.08 Å². The fraction of sp³-hybridized carbons (Fsp3) is 0.361. The van der Waals surface area contributed by atoms with Crippen LogP contribution in [0.2, 0.25) is 0 Å². The van der Waals surface area contributed by atoms with E-state index in [2.05, 4.69) is 6.58 Å². The van der Waals surface area contributed by atoms with Gasteiger partial charge in [0.2, 0.25) is 0 Å². The standard InChI is InChI=1S/C36H36N4O6.Mg/c1-8-19-16(3)23-12-24-17(4)21(10-11-29(42)45-6)33(39-24)31-32(36(44)46-7)35(43)30-18(5)25(40-34(30)31)13-27-20(9-2)22(15-41)28(38-27)14-26(19)37-23;/h8,12-15,17,21,32-33H,1,9-11H2,2-7H3,(H,41,43);/q-4;+2/b24-12-,28-14-;/t17-,21-,32+,33?;/m0./s1. The second-order valence-electron chi connectivity index (χ2n) is 12.0. The number of aromatic nitrogens is 3. The minimum atomic E-state index is -1.20. The molecule has 5 heterocycles. The van der Waals surface area contributed by atoms with Gasteiger partial charge in [-0.2, -0.15) is 5.70 Å². The number of carbonyl (C=O) groups is 3. The molecule has 240 valence electrons. The van der Waals surface area contributed by atoms with Crippen molar-refractivity contribution in [2.75, 3.05) is 14.2 Å². The van der Waals surface area contributed by atoms with Crippen molar-refractivity contribution in [1.82, 2.24) is 15.0 Å². The van der Waals surface area contributed by atoms with Gasteiger partial charge in [-0.15, -0.1) is 33.1 Å². The van der Waals surface area contributed by atoms with Gasteiger partial charge in [0.05, 0.1) is 20.5 Å². The molecule has 1 fully saturated rings. The first-order valence-corrected chi connectivity index (χ1v) is 15.4. The topological polar surface area (TPSA) is 146 Å². The Kier molecular flexibility index (Phi) is 9.52. The van der Waals surface area contributed by atoms with E-state index < -0.39 is 17.9 Å². The SMILES string of the molecule is C=Cc1c2[n-]c(c1C)/C=C1\[N-]C(C3=c4[n-]/c(c(C)c4C(=O)[C@@H]3C(=O)OC)=C\c3[n-]c(/c(=C/O)c3CC)=C\2)[C@@H](CCC(=O)OC)[C@@H]1C.[Mg+2]. The van der Waals surface area contributed by atoms with Crippen LogP contribution in [-0.4, -0.2) is 66.1 Å². The van der Waals surface area contributed by atoms with Crippen molar-refractivity contribution in [2.45, 2.75) is 53.0 Å². The van der Waals surface area contributed by atoms with Crippen LogP contribution < -0.4 is 36.2 Å². The van der Waals surface area contributed by atoms with E-state index in [0.717, 1.165) is 28.6 Å². The van der Waals surface area contributed by atoms with Gasteiger partial charge in [0, 0.05) is 12.0 Å². The number of ketones is 1. The maximum atomic E-state index is 14.1. The van der Waals surface area contributed by atoms with Gasteiger partial charge >= 0.3 is 35.0 Å². The Morgan fingerprint density at radius 3 is 2.36 bits per heavy atom. The maximum Gasteiger partial charge on any atom is 2.00 e. The van der Waals surface area contributed by atoms with E-state index >= 15 is 0 Å². The van der Waals surface area contributed by atoms with Gasteiger partial charge in [-0.3, -0.25) is 14.4 Å². The molecule has 47 heavy (non-hydrogen) atoms. The predicted molar refractivity (Wildman–Crippen MR) is 179 cm³/mol. The third-order valence-corrected chi connectivity index (χ3v) is 9.76. The Labute approximate surface area is 288 Å². The smallest absolute Gasteiger partial charge is 0.681 e. The van der Waals surface area contributed by atoms with Gasteiger partial charge in [0.15, 0.2) is 5.78 Å². The van der Waals surface area contributed by atoms with Crippen LogP contribution in [0.3, 0.4) is 0 Å². The summed E-state index contributed by atoms with van der Waals surface area (Å²) >= 11 is 0. The molecule has 1 saturated heterocycles. The summed E-state index contributed by atoms with van der Waals surface area (Å²) in [7, 11) is 2.61. The molecular weight excluding hydrogens is 609 g/mol. The predicted octanol–water partition coefficient (Wildman–Crippen LogP) is 1.41. The molecular formula is C36H36MgN4O6-2. The van der Waals surface area contributed by atoms with Crippen LogP contribution in [-0.2, 0) is 25.5 Å². The first-order chi connectivity index (χ1) is 22.1. The van der Waals surface area contributed by atoms with Crippen molar-refractivity contribution >= 4 is 76.9 Å². The Morgan fingerprint density at radius 2 is 1.72 bits per heavy atom. The number of fused-ring (bicyclic) bond motifs is 8. The van der Waals surface area contributed by atoms with Crippen molar-refractivity contribution < 1.29 is 29.0 Å². The Bertz CT molecular complexity index is 2100. The maximum absolute atomic E-state index is 14.1. The number of allylic oxidation sites excluding steroid dienone is 1. The molecule has 3 aromatic heterocycles. The van der Waals surface area contributed by atoms with Crippen LogP contribution >= 0.6 is 0 Å². The normalized spacial score (nSPS) is 23.9. The molecule has 4 atom stereocenters. The molecule has 0 radical (unpaired) electrons. The van der Waals surface area contributed by atoms with Gasteiger partial charge in [-0.05, 0) is 49.3 Å². The first kappa shape index (κ1) is 34.1. The van der Waals surface area contributed by atoms with Crippen molar-refractivity contribution in [1.29, 1.82) is 0 Å². The molecule has 10 nitrogen and oxygen atoms in total. The molecule has 11 heteroatoms. The average molecular weight is 645 g/mol. The van der Waals surface area contributed by atoms with Crippen LogP contribution in [0, 0.1) is 31.6 Å². The zero-order valence-electron chi connectivity index (χ0n) is 27.5. The Balaban J connectivity index is 0.00000433. The zero-order valence-corrected chi connectivity index (χ0v) is 28.9. The molecule has 1 aliphatic carbocycles. The number of rotatable bonds is 6. The number of nitrogens with zero attached hydrogens (tertiary/aromatic N) is 4. The van der Waals surface area contributed by atoms with Crippen molar-refractivity contribution in [3.63, 3.8) is 0 Å². The molecule has 1 N–H and O–H groups in total. The van der Waals surface area contributed by atoms with Gasteiger partial charge in [-0.25, -0.2) is 0 Å². The van der Waals surface area contributed by atoms with Crippen LogP contribution in [0.5, 0.6) is 0 Å². The number of hydrogen-bond acceptors (Lipinski definition) is 6. The van der Waals surface area contributed by atoms with Crippen LogP contribution in [0.25, 0.3) is 41.5 Å². The first-order valence-electron chi connectivity index (χ1n) is 15.4. The summed E-state index contributed by atoms with van der Waals surface area (Å²) in [6.45, 7) is 11.8. The summed E-state index contributed by atoms with van der Waals surface area (Å²) in [5.41, 5.74) is 6.71. The number of hydrogen-bond donors (Lipinski definition) is 1. The summed E-state index contributed by atoms with van der Waals surface area (Å²) in [6, 6.07) is -0.624. The number of esters is 2. The minimum Gasteiger partial charge on any atom is -0.681 e. The van der Waals surface area contributed by atoms with Crippen LogP contribution in [0.1, 0.15) is 76.4 Å². The third-order valence-electron chi connectivity index (χ3n) is 9.76. The van der Waals surface area contributed by atoms with Gasteiger partial charge < -0.3 is 34.8 Å². The second-order valence-corrected chi connectivity index (χ2v) is 12.0. The molecule has 2 aliphatic heterocycles. The minimum absolute atomic E-state index is 0. The molecule has 1 unspecified atom stereocenters. The molecule has 0 aromatic carbocycles. The van der Waals surface area contributed by atoms with Crippen molar-refractivity contribution in [3.05, 3.63) is 83.8 Å². The fourth-order valence-corrected chi connectivity index (χ4v) is 7.24. The van der Waals surface area contributed by atoms with Crippen LogP contribution in [0.4, 0.5) is 0 Å². The third kappa shape index (κ3) is 5.39. The fourth-order valence-electron chi connectivity index (χ4n) is 7.24. The molecule has 6 rings (SSSR count). The number of ether oxygens (including phenoxy) is 2. The van der Waals surface area contributed by atoms with E-state index in [0.29, 0.717) is 67.9 Å². The summed E-state index contributed by atoms with van der Waals surface area (Å²) in [6.07, 6.45) is 9.55. The molecule has 0 amide bonds. The number of aliphatic hydroxyl groups excluding tert-OH is 1. The quantitative estimate of drug-likeness (QED) is 0.239. The summed E-state index contributed by atoms with van der Waals surface area (Å²) in [4.78, 5) is 54.4. The van der Waals surface area contributed by atoms with Gasteiger partial charge in [0.1, 0.15) is 5.92 Å². The van der Waals surface area contributed by atoms with Crippen molar-refractivity contribution in [2.24, 2.45) is 17.8 Å². The molecule has 0 saturated carbocycles. The Hall–Kier alpha value is -4.22. The van der Waals surface area contributed by atoms with Crippen molar-refractivity contribution in [3.8, 4) is 0 Å². The average Bonchev–Trinajstić information content (AvgIpc) is 3.79. The van der Waals surface area contributed by atoms with E-state index in [-0.39, 0.29) is 53.1 Å². The summed E-state index contributed by atoms with van der Waals surface area (Å²) < 4.78 is 10.1.